The SMILES string of the molecule is Cc1cccc(COC2CCC[C@H](OCCNC(C)CC(C)C)C2)c1C(=O)O. The van der Waals surface area contributed by atoms with Crippen LogP contribution >= 0.6 is 0 Å². The number of carboxylic acid groups (broad SMARTS) is 1. The Bertz CT molecular complexity index is 617. The van der Waals surface area contributed by atoms with E-state index in [1.165, 1.54) is 6.42 Å². The third-order valence-corrected chi connectivity index (χ3v) is 5.40. The summed E-state index contributed by atoms with van der Waals surface area (Å²) in [5.74, 6) is -0.185. The van der Waals surface area contributed by atoms with Crippen molar-refractivity contribution in [2.45, 2.75) is 84.7 Å². The zero-order valence-corrected chi connectivity index (χ0v) is 17.9. The molecule has 158 valence electrons. The molecular formula is C23H37NO4. The first-order valence-electron chi connectivity index (χ1n) is 10.6. The number of rotatable bonds is 11. The minimum absolute atomic E-state index is 0.133. The lowest BCUT2D eigenvalue weighted by molar-refractivity contribution is -0.0498. The summed E-state index contributed by atoms with van der Waals surface area (Å²) < 4.78 is 12.1. The highest BCUT2D eigenvalue weighted by atomic mass is 16.5. The van der Waals surface area contributed by atoms with Crippen molar-refractivity contribution in [1.29, 1.82) is 0 Å². The number of aromatic carboxylic acids is 1. The third kappa shape index (κ3) is 7.53. The maximum Gasteiger partial charge on any atom is 0.336 e. The fraction of sp³-hybridized carbons (Fsp3) is 0.696. The van der Waals surface area contributed by atoms with Gasteiger partial charge in [0, 0.05) is 12.6 Å². The lowest BCUT2D eigenvalue weighted by Gasteiger charge is -2.29. The zero-order valence-electron chi connectivity index (χ0n) is 17.9. The highest BCUT2D eigenvalue weighted by Crippen LogP contribution is 2.25. The van der Waals surface area contributed by atoms with Crippen molar-refractivity contribution in [2.24, 2.45) is 5.92 Å². The molecule has 2 rings (SSSR count). The summed E-state index contributed by atoms with van der Waals surface area (Å²) in [7, 11) is 0. The number of aryl methyl sites for hydroxylation is 1. The quantitative estimate of drug-likeness (QED) is 0.541. The minimum atomic E-state index is -0.888. The average molecular weight is 392 g/mol. The van der Waals surface area contributed by atoms with Crippen molar-refractivity contribution in [3.05, 3.63) is 34.9 Å². The van der Waals surface area contributed by atoms with Crippen molar-refractivity contribution in [1.82, 2.24) is 5.32 Å². The van der Waals surface area contributed by atoms with E-state index in [0.29, 0.717) is 24.1 Å². The van der Waals surface area contributed by atoms with E-state index in [0.717, 1.165) is 50.0 Å². The molecule has 0 amide bonds. The van der Waals surface area contributed by atoms with Gasteiger partial charge in [-0.1, -0.05) is 32.0 Å². The van der Waals surface area contributed by atoms with Crippen LogP contribution in [0, 0.1) is 12.8 Å². The van der Waals surface area contributed by atoms with Crippen LogP contribution < -0.4 is 5.32 Å². The van der Waals surface area contributed by atoms with Crippen LogP contribution in [0.5, 0.6) is 0 Å². The summed E-state index contributed by atoms with van der Waals surface area (Å²) in [6.07, 6.45) is 5.61. The fourth-order valence-corrected chi connectivity index (χ4v) is 4.09. The molecule has 2 N–H and O–H groups in total. The molecule has 5 heteroatoms. The lowest BCUT2D eigenvalue weighted by atomic mass is 9.94. The third-order valence-electron chi connectivity index (χ3n) is 5.40. The first-order chi connectivity index (χ1) is 13.4. The largest absolute Gasteiger partial charge is 0.478 e. The molecule has 1 aliphatic carbocycles. The molecule has 0 bridgehead atoms. The zero-order chi connectivity index (χ0) is 20.5. The Morgan fingerprint density at radius 2 is 1.93 bits per heavy atom. The molecule has 0 aliphatic heterocycles. The Hall–Kier alpha value is -1.43. The molecule has 3 atom stereocenters. The summed E-state index contributed by atoms with van der Waals surface area (Å²) in [6, 6.07) is 6.08. The molecule has 28 heavy (non-hydrogen) atoms. The lowest BCUT2D eigenvalue weighted by Crippen LogP contribution is -2.33. The molecule has 1 aliphatic rings. The standard InChI is InChI=1S/C23H37NO4/c1-16(2)13-18(4)24-11-12-27-20-9-6-10-21(14-20)28-15-19-8-5-7-17(3)22(19)23(25)26/h5,7-8,16,18,20-21,24H,6,9-15H2,1-4H3,(H,25,26)/t18?,20-,21?/m0/s1. The predicted octanol–water partition coefficient (Wildman–Crippen LogP) is 4.56. The smallest absolute Gasteiger partial charge is 0.336 e. The highest BCUT2D eigenvalue weighted by molar-refractivity contribution is 5.91. The normalized spacial score (nSPS) is 21.0. The van der Waals surface area contributed by atoms with E-state index in [2.05, 4.69) is 26.1 Å². The summed E-state index contributed by atoms with van der Waals surface area (Å²) in [5.41, 5.74) is 1.89. The summed E-state index contributed by atoms with van der Waals surface area (Å²) in [4.78, 5) is 11.5. The van der Waals surface area contributed by atoms with E-state index in [4.69, 9.17) is 9.47 Å². The van der Waals surface area contributed by atoms with Crippen LogP contribution in [0.3, 0.4) is 0 Å². The second-order valence-corrected chi connectivity index (χ2v) is 8.49. The van der Waals surface area contributed by atoms with Gasteiger partial charge in [0.05, 0.1) is 31.0 Å². The molecule has 0 heterocycles. The average Bonchev–Trinajstić information content (AvgIpc) is 2.63. The van der Waals surface area contributed by atoms with Crippen molar-refractivity contribution >= 4 is 5.97 Å². The summed E-state index contributed by atoms with van der Waals surface area (Å²) in [5, 5.41) is 13.0. The van der Waals surface area contributed by atoms with Gasteiger partial charge in [-0.2, -0.15) is 0 Å². The number of hydrogen-bond acceptors (Lipinski definition) is 4. The number of nitrogens with one attached hydrogen (secondary N) is 1. The molecule has 0 spiro atoms. The summed E-state index contributed by atoms with van der Waals surface area (Å²) in [6.45, 7) is 10.5. The van der Waals surface area contributed by atoms with E-state index < -0.39 is 5.97 Å². The van der Waals surface area contributed by atoms with Gasteiger partial charge < -0.3 is 19.9 Å². The number of hydrogen-bond donors (Lipinski definition) is 2. The maximum atomic E-state index is 11.5. The van der Waals surface area contributed by atoms with Crippen LogP contribution in [0.1, 0.15) is 74.4 Å². The Balaban J connectivity index is 1.74. The van der Waals surface area contributed by atoms with Crippen LogP contribution in [0.4, 0.5) is 0 Å². The van der Waals surface area contributed by atoms with Crippen molar-refractivity contribution in [2.75, 3.05) is 13.2 Å². The Morgan fingerprint density at radius 1 is 1.21 bits per heavy atom. The van der Waals surface area contributed by atoms with Gasteiger partial charge in [0.2, 0.25) is 0 Å². The Morgan fingerprint density at radius 3 is 2.61 bits per heavy atom. The topological polar surface area (TPSA) is 67.8 Å². The fourth-order valence-electron chi connectivity index (χ4n) is 4.09. The number of carbonyl (C=O) groups is 1. The van der Waals surface area contributed by atoms with Crippen LogP contribution in [0.15, 0.2) is 18.2 Å². The molecule has 5 nitrogen and oxygen atoms in total. The number of benzene rings is 1. The van der Waals surface area contributed by atoms with E-state index in [9.17, 15) is 9.90 Å². The minimum Gasteiger partial charge on any atom is -0.478 e. The van der Waals surface area contributed by atoms with Crippen molar-refractivity contribution in [3.63, 3.8) is 0 Å². The molecule has 2 unspecified atom stereocenters. The second-order valence-electron chi connectivity index (χ2n) is 8.49. The molecular weight excluding hydrogens is 354 g/mol. The van der Waals surface area contributed by atoms with Gasteiger partial charge in [0.1, 0.15) is 0 Å². The predicted molar refractivity (Wildman–Crippen MR) is 112 cm³/mol. The molecule has 0 saturated heterocycles. The second kappa shape index (κ2) is 11.5. The molecule has 1 saturated carbocycles. The Kier molecular flexibility index (Phi) is 9.42. The molecule has 1 fully saturated rings. The first kappa shape index (κ1) is 22.9. The van der Waals surface area contributed by atoms with Gasteiger partial charge in [-0.3, -0.25) is 0 Å². The molecule has 1 aromatic carbocycles. The van der Waals surface area contributed by atoms with Crippen molar-refractivity contribution < 1.29 is 19.4 Å². The van der Waals surface area contributed by atoms with E-state index >= 15 is 0 Å². The van der Waals surface area contributed by atoms with Gasteiger partial charge in [-0.05, 0) is 63.0 Å². The first-order valence-corrected chi connectivity index (χ1v) is 10.6. The number of carboxylic acids is 1. The monoisotopic (exact) mass is 391 g/mol. The van der Waals surface area contributed by atoms with E-state index in [-0.39, 0.29) is 12.2 Å². The highest BCUT2D eigenvalue weighted by Gasteiger charge is 2.24. The van der Waals surface area contributed by atoms with Crippen LogP contribution in [-0.2, 0) is 16.1 Å². The van der Waals surface area contributed by atoms with Crippen LogP contribution in [0.2, 0.25) is 0 Å². The summed E-state index contributed by atoms with van der Waals surface area (Å²) >= 11 is 0. The van der Waals surface area contributed by atoms with Gasteiger partial charge in [-0.15, -0.1) is 0 Å². The van der Waals surface area contributed by atoms with Crippen LogP contribution in [-0.4, -0.2) is 42.5 Å². The van der Waals surface area contributed by atoms with Gasteiger partial charge in [-0.25, -0.2) is 4.79 Å². The van der Waals surface area contributed by atoms with E-state index in [1.807, 2.05) is 25.1 Å². The van der Waals surface area contributed by atoms with Crippen LogP contribution in [0.25, 0.3) is 0 Å². The molecule has 1 aromatic rings. The Labute approximate surface area is 169 Å². The molecule has 0 aromatic heterocycles. The van der Waals surface area contributed by atoms with Gasteiger partial charge in [0.15, 0.2) is 0 Å². The van der Waals surface area contributed by atoms with Gasteiger partial charge >= 0.3 is 5.97 Å². The van der Waals surface area contributed by atoms with E-state index in [1.54, 1.807) is 0 Å². The van der Waals surface area contributed by atoms with Crippen molar-refractivity contribution in [3.8, 4) is 0 Å². The maximum absolute atomic E-state index is 11.5. The number of ether oxygens (including phenoxy) is 2. The molecule has 0 radical (unpaired) electrons. The van der Waals surface area contributed by atoms with Gasteiger partial charge in [0.25, 0.3) is 0 Å².